The lowest BCUT2D eigenvalue weighted by Crippen LogP contribution is -2.16. The summed E-state index contributed by atoms with van der Waals surface area (Å²) in [6, 6.07) is 6.06. The fraction of sp³-hybridized carbons (Fsp3) is 0.409. The minimum atomic E-state index is -3.36. The molecule has 0 bridgehead atoms. The van der Waals surface area contributed by atoms with Crippen LogP contribution in [0.25, 0.3) is 5.57 Å². The summed E-state index contributed by atoms with van der Waals surface area (Å²) in [7, 11) is -3.36. The van der Waals surface area contributed by atoms with Crippen molar-refractivity contribution in [1.29, 1.82) is 0 Å². The van der Waals surface area contributed by atoms with E-state index in [1.165, 1.54) is 36.3 Å². The van der Waals surface area contributed by atoms with Gasteiger partial charge < -0.3 is 5.32 Å². The van der Waals surface area contributed by atoms with E-state index in [1.54, 1.807) is 18.2 Å². The summed E-state index contributed by atoms with van der Waals surface area (Å²) in [5, 5.41) is 3.02. The van der Waals surface area contributed by atoms with Gasteiger partial charge >= 0.3 is 0 Å². The summed E-state index contributed by atoms with van der Waals surface area (Å²) >= 11 is 1.41. The van der Waals surface area contributed by atoms with E-state index < -0.39 is 34.0 Å². The molecule has 10 heteroatoms. The number of hydrogen-bond donors (Lipinski definition) is 1. The van der Waals surface area contributed by atoms with Crippen LogP contribution < -0.4 is 5.32 Å². The number of sulfone groups is 1. The molecule has 2 fully saturated rings. The van der Waals surface area contributed by atoms with Crippen molar-refractivity contribution in [1.82, 2.24) is 9.97 Å². The molecule has 1 heterocycles. The van der Waals surface area contributed by atoms with Gasteiger partial charge in [0.2, 0.25) is 0 Å². The van der Waals surface area contributed by atoms with Crippen LogP contribution in [-0.4, -0.2) is 48.1 Å². The molecule has 0 spiro atoms. The van der Waals surface area contributed by atoms with Crippen molar-refractivity contribution in [2.75, 3.05) is 11.6 Å². The Morgan fingerprint density at radius 2 is 1.75 bits per heavy atom. The molecule has 6 nitrogen and oxygen atoms in total. The minimum absolute atomic E-state index is 0.00564. The van der Waals surface area contributed by atoms with Crippen LogP contribution in [0, 0.1) is 5.92 Å². The van der Waals surface area contributed by atoms with E-state index >= 15 is 0 Å². The number of carbonyl (C=O) groups excluding carboxylic acids is 1. The molecule has 1 aromatic carbocycles. The molecule has 2 aromatic rings. The van der Waals surface area contributed by atoms with Crippen LogP contribution >= 0.6 is 11.8 Å². The molecule has 4 rings (SSSR count). The number of amides is 1. The largest absolute Gasteiger partial charge is 0.305 e. The number of thioether (sulfide) groups is 1. The highest BCUT2D eigenvalue weighted by molar-refractivity contribution is 7.98. The Labute approximate surface area is 189 Å². The fourth-order valence-corrected chi connectivity index (χ4v) is 5.68. The summed E-state index contributed by atoms with van der Waals surface area (Å²) < 4.78 is 52.3. The molecule has 3 atom stereocenters. The molecule has 0 radical (unpaired) electrons. The third-order valence-electron chi connectivity index (χ3n) is 5.63. The second-order valence-electron chi connectivity index (χ2n) is 8.01. The van der Waals surface area contributed by atoms with Crippen molar-refractivity contribution in [3.05, 3.63) is 48.3 Å². The van der Waals surface area contributed by atoms with Crippen molar-refractivity contribution >= 4 is 38.9 Å². The van der Waals surface area contributed by atoms with Gasteiger partial charge in [-0.05, 0) is 55.6 Å². The first-order chi connectivity index (χ1) is 15.3. The Morgan fingerprint density at radius 1 is 1.09 bits per heavy atom. The summed E-state index contributed by atoms with van der Waals surface area (Å²) in [5.41, 5.74) is 0.672. The van der Waals surface area contributed by atoms with Gasteiger partial charge in [-0.25, -0.2) is 27.2 Å². The van der Waals surface area contributed by atoms with E-state index in [1.807, 2.05) is 6.26 Å². The fourth-order valence-electron chi connectivity index (χ4n) is 3.71. The molecule has 170 valence electrons. The number of nitrogens with zero attached hydrogens (tertiary/aromatic N) is 2. The number of nitrogens with one attached hydrogen (secondary N) is 1. The zero-order chi connectivity index (χ0) is 22.9. The number of rotatable bonds is 7. The van der Waals surface area contributed by atoms with Crippen molar-refractivity contribution in [3.63, 3.8) is 0 Å². The Balaban J connectivity index is 1.62. The maximum atomic E-state index is 13.7. The van der Waals surface area contributed by atoms with Crippen molar-refractivity contribution in [3.8, 4) is 0 Å². The first kappa shape index (κ1) is 22.8. The smallest absolute Gasteiger partial charge is 0.257 e. The number of alkyl halides is 2. The van der Waals surface area contributed by atoms with Gasteiger partial charge in [0.25, 0.3) is 5.91 Å². The van der Waals surface area contributed by atoms with E-state index in [4.69, 9.17) is 0 Å². The average molecular weight is 480 g/mol. The van der Waals surface area contributed by atoms with Gasteiger partial charge in [0, 0.05) is 5.57 Å². The zero-order valence-electron chi connectivity index (χ0n) is 17.4. The molecular formula is C22H23F2N3O3S2. The molecule has 1 N–H and O–H groups in total. The van der Waals surface area contributed by atoms with E-state index in [9.17, 15) is 22.0 Å². The molecule has 0 saturated heterocycles. The number of hydrogen-bond acceptors (Lipinski definition) is 6. The topological polar surface area (TPSA) is 89.0 Å². The maximum Gasteiger partial charge on any atom is 0.257 e. The van der Waals surface area contributed by atoms with Crippen LogP contribution in [0.15, 0.2) is 52.7 Å². The van der Waals surface area contributed by atoms with Crippen LogP contribution in [0.3, 0.4) is 0 Å². The first-order valence-electron chi connectivity index (χ1n) is 10.3. The maximum absolute atomic E-state index is 13.7. The highest BCUT2D eigenvalue weighted by Gasteiger charge is 2.37. The van der Waals surface area contributed by atoms with Crippen LogP contribution in [-0.2, 0) is 14.6 Å². The molecule has 1 amide bonds. The lowest BCUT2D eigenvalue weighted by Gasteiger charge is -2.12. The second-order valence-corrected chi connectivity index (χ2v) is 11.1. The van der Waals surface area contributed by atoms with Crippen molar-refractivity contribution in [2.45, 2.75) is 53.2 Å². The monoisotopic (exact) mass is 479 g/mol. The van der Waals surface area contributed by atoms with Crippen LogP contribution in [0.5, 0.6) is 0 Å². The van der Waals surface area contributed by atoms with Gasteiger partial charge in [0.15, 0.2) is 15.7 Å². The second kappa shape index (κ2) is 9.27. The van der Waals surface area contributed by atoms with Gasteiger partial charge in [-0.3, -0.25) is 4.79 Å². The average Bonchev–Trinajstić information content (AvgIpc) is 3.59. The van der Waals surface area contributed by atoms with Gasteiger partial charge in [0.05, 0.1) is 22.5 Å². The summed E-state index contributed by atoms with van der Waals surface area (Å²) in [6.07, 6.45) is 4.56. The zero-order valence-corrected chi connectivity index (χ0v) is 19.0. The van der Waals surface area contributed by atoms with Gasteiger partial charge in [-0.1, -0.05) is 18.2 Å². The molecule has 0 unspecified atom stereocenters. The Morgan fingerprint density at radius 3 is 2.28 bits per heavy atom. The Bertz CT molecular complexity index is 1110. The molecule has 0 aliphatic heterocycles. The summed E-state index contributed by atoms with van der Waals surface area (Å²) in [4.78, 5) is 21.6. The minimum Gasteiger partial charge on any atom is -0.305 e. The third kappa shape index (κ3) is 5.01. The first-order valence-corrected chi connectivity index (χ1v) is 13.1. The number of benzene rings is 1. The predicted octanol–water partition coefficient (Wildman–Crippen LogP) is 4.24. The number of anilines is 1. The number of aromatic nitrogens is 2. The molecule has 2 saturated carbocycles. The Hall–Kier alpha value is -2.33. The van der Waals surface area contributed by atoms with Crippen molar-refractivity contribution in [2.24, 2.45) is 5.92 Å². The molecule has 1 aromatic heterocycles. The van der Waals surface area contributed by atoms with E-state index in [0.29, 0.717) is 23.4 Å². The molecule has 32 heavy (non-hydrogen) atoms. The molecular weight excluding hydrogens is 456 g/mol. The number of carbonyl (C=O) groups is 1. The number of halogens is 2. The quantitative estimate of drug-likeness (QED) is 0.472. The summed E-state index contributed by atoms with van der Waals surface area (Å²) in [6.45, 7) is 0. The normalized spacial score (nSPS) is 23.8. The van der Waals surface area contributed by atoms with E-state index in [2.05, 4.69) is 15.3 Å². The van der Waals surface area contributed by atoms with Crippen LogP contribution in [0.2, 0.25) is 0 Å². The highest BCUT2D eigenvalue weighted by atomic mass is 32.2. The number of allylic oxidation sites excluding steroid dienone is 1. The molecule has 2 aliphatic rings. The SMILES string of the molecule is CSc1cnc(NC(=O)/C(=C/[C@H]2C[C@@H](F)[C@@H](F)C2)c2ccc(S(=O)(=O)C3CC3)cc2)cn1. The standard InChI is InChI=1S/C22H23F2N3O3S2/c1-31-21-12-25-20(11-26-21)27-22(28)17(8-13-9-18(23)19(24)10-13)14-2-4-15(5-3-14)32(29,30)16-6-7-16/h2-5,8,11-13,16,18-19H,6-7,9-10H2,1H3,(H,25,27,28)/b17-8+/t13-,18+,19-. The van der Waals surface area contributed by atoms with Crippen LogP contribution in [0.4, 0.5) is 14.6 Å². The lowest BCUT2D eigenvalue weighted by molar-refractivity contribution is -0.111. The predicted molar refractivity (Wildman–Crippen MR) is 120 cm³/mol. The van der Waals surface area contributed by atoms with Gasteiger partial charge in [-0.15, -0.1) is 11.8 Å². The lowest BCUT2D eigenvalue weighted by atomic mass is 9.98. The van der Waals surface area contributed by atoms with Gasteiger partial charge in [-0.2, -0.15) is 0 Å². The van der Waals surface area contributed by atoms with Gasteiger partial charge in [0.1, 0.15) is 17.4 Å². The molecule has 2 aliphatic carbocycles. The van der Waals surface area contributed by atoms with E-state index in [-0.39, 0.29) is 34.4 Å². The highest BCUT2D eigenvalue weighted by Crippen LogP contribution is 2.36. The summed E-state index contributed by atoms with van der Waals surface area (Å²) in [5.74, 6) is -0.711. The van der Waals surface area contributed by atoms with E-state index in [0.717, 1.165) is 0 Å². The van der Waals surface area contributed by atoms with Crippen molar-refractivity contribution < 1.29 is 22.0 Å². The third-order valence-corrected chi connectivity index (χ3v) is 8.54. The Kier molecular flexibility index (Phi) is 6.62. The van der Waals surface area contributed by atoms with Crippen LogP contribution in [0.1, 0.15) is 31.2 Å².